The highest BCUT2D eigenvalue weighted by molar-refractivity contribution is 14.1. The number of ether oxygens (including phenoxy) is 2. The Morgan fingerprint density at radius 1 is 1.21 bits per heavy atom. The molecule has 1 aliphatic rings. The topological polar surface area (TPSA) is 38.7 Å². The highest BCUT2D eigenvalue weighted by Gasteiger charge is 2.20. The molecule has 19 heavy (non-hydrogen) atoms. The molecule has 2 heterocycles. The van der Waals surface area contributed by atoms with Gasteiger partial charge in [0.15, 0.2) is 11.5 Å². The number of hydrogen-bond donors (Lipinski definition) is 1. The second-order valence-electron chi connectivity index (χ2n) is 4.10. The third-order valence-corrected chi connectivity index (χ3v) is 5.35. The molecule has 0 amide bonds. The first kappa shape index (κ1) is 13.7. The zero-order valence-corrected chi connectivity index (χ0v) is 14.3. The van der Waals surface area contributed by atoms with Crippen molar-refractivity contribution in [3.8, 4) is 11.5 Å². The van der Waals surface area contributed by atoms with Gasteiger partial charge in [-0.05, 0) is 51.7 Å². The van der Waals surface area contributed by atoms with Gasteiger partial charge in [-0.3, -0.25) is 0 Å². The fraction of sp³-hybridized carbons (Fsp3) is 0.231. The number of aliphatic hydroxyl groups excluding tert-OH is 1. The second-order valence-corrected chi connectivity index (χ2v) is 7.76. The van der Waals surface area contributed by atoms with Crippen LogP contribution in [0.15, 0.2) is 28.1 Å². The Morgan fingerprint density at radius 3 is 2.53 bits per heavy atom. The molecule has 2 aromatic rings. The molecule has 0 saturated carbocycles. The van der Waals surface area contributed by atoms with Gasteiger partial charge in [0, 0.05) is 10.0 Å². The molecule has 0 bridgehead atoms. The number of halogens is 2. The van der Waals surface area contributed by atoms with E-state index >= 15 is 0 Å². The lowest BCUT2D eigenvalue weighted by molar-refractivity contribution is 0.169. The molecule has 1 unspecified atom stereocenters. The van der Waals surface area contributed by atoms with Crippen molar-refractivity contribution in [1.82, 2.24) is 0 Å². The Bertz CT molecular complexity index is 614. The van der Waals surface area contributed by atoms with Crippen molar-refractivity contribution in [2.75, 3.05) is 13.2 Å². The van der Waals surface area contributed by atoms with Crippen molar-refractivity contribution in [2.45, 2.75) is 6.10 Å². The molecule has 3 nitrogen and oxygen atoms in total. The van der Waals surface area contributed by atoms with E-state index in [0.29, 0.717) is 24.7 Å². The Kier molecular flexibility index (Phi) is 4.02. The van der Waals surface area contributed by atoms with Gasteiger partial charge in [0.05, 0.1) is 2.88 Å². The highest BCUT2D eigenvalue weighted by atomic mass is 127. The summed E-state index contributed by atoms with van der Waals surface area (Å²) in [6, 6.07) is 5.68. The van der Waals surface area contributed by atoms with Crippen LogP contribution in [-0.2, 0) is 0 Å². The summed E-state index contributed by atoms with van der Waals surface area (Å²) < 4.78 is 13.0. The minimum Gasteiger partial charge on any atom is -0.486 e. The Hall–Kier alpha value is -0.310. The molecular weight excluding hydrogens is 443 g/mol. The van der Waals surface area contributed by atoms with E-state index in [1.165, 1.54) is 0 Å². The molecule has 0 fully saturated rings. The molecule has 0 radical (unpaired) electrons. The van der Waals surface area contributed by atoms with E-state index in [1.54, 1.807) is 11.3 Å². The van der Waals surface area contributed by atoms with Crippen LogP contribution in [0.25, 0.3) is 0 Å². The maximum Gasteiger partial charge on any atom is 0.162 e. The molecule has 0 saturated heterocycles. The number of thiophene rings is 1. The van der Waals surface area contributed by atoms with Crippen molar-refractivity contribution >= 4 is 49.9 Å². The van der Waals surface area contributed by atoms with Crippen molar-refractivity contribution in [3.05, 3.63) is 42.1 Å². The molecule has 0 spiro atoms. The summed E-state index contributed by atoms with van der Waals surface area (Å²) in [5.41, 5.74) is 1.69. The Morgan fingerprint density at radius 2 is 1.89 bits per heavy atom. The zero-order valence-electron chi connectivity index (χ0n) is 9.73. The lowest BCUT2D eigenvalue weighted by Gasteiger charge is -2.21. The Balaban J connectivity index is 2.00. The molecule has 6 heteroatoms. The van der Waals surface area contributed by atoms with Gasteiger partial charge in [-0.15, -0.1) is 11.3 Å². The number of aliphatic hydroxyl groups is 1. The first-order valence-electron chi connectivity index (χ1n) is 5.66. The lowest BCUT2D eigenvalue weighted by Crippen LogP contribution is -2.16. The normalized spacial score (nSPS) is 15.3. The maximum absolute atomic E-state index is 10.5. The molecule has 100 valence electrons. The smallest absolute Gasteiger partial charge is 0.162 e. The van der Waals surface area contributed by atoms with Crippen molar-refractivity contribution in [2.24, 2.45) is 0 Å². The monoisotopic (exact) mass is 452 g/mol. The molecule has 1 aromatic heterocycles. The number of fused-ring (bicyclic) bond motifs is 1. The molecule has 1 aliphatic heterocycles. The van der Waals surface area contributed by atoms with E-state index in [4.69, 9.17) is 9.47 Å². The predicted molar refractivity (Wildman–Crippen MR) is 86.2 cm³/mol. The van der Waals surface area contributed by atoms with Gasteiger partial charge in [0.1, 0.15) is 19.3 Å². The van der Waals surface area contributed by atoms with Crippen molar-refractivity contribution in [1.29, 1.82) is 0 Å². The number of benzene rings is 1. The van der Waals surface area contributed by atoms with Gasteiger partial charge in [-0.1, -0.05) is 15.9 Å². The zero-order chi connectivity index (χ0) is 13.4. The standard InChI is InChI=1S/C13H10BrIO3S/c14-9-5-11-10(17-1-2-18-11)4-8(9)13(16)7-3-12(15)19-6-7/h3-6,13,16H,1-2H2. The van der Waals surface area contributed by atoms with Gasteiger partial charge < -0.3 is 14.6 Å². The summed E-state index contributed by atoms with van der Waals surface area (Å²) in [5, 5.41) is 12.4. The molecule has 1 atom stereocenters. The van der Waals surface area contributed by atoms with E-state index < -0.39 is 6.10 Å². The van der Waals surface area contributed by atoms with Crippen LogP contribution < -0.4 is 9.47 Å². The highest BCUT2D eigenvalue weighted by Crippen LogP contribution is 2.40. The molecule has 1 aromatic carbocycles. The van der Waals surface area contributed by atoms with Crippen LogP contribution in [0.5, 0.6) is 11.5 Å². The van der Waals surface area contributed by atoms with Crippen LogP contribution in [0.4, 0.5) is 0 Å². The SMILES string of the molecule is OC(c1csc(I)c1)c1cc2c(cc1Br)OCCO2. The summed E-state index contributed by atoms with van der Waals surface area (Å²) in [4.78, 5) is 0. The fourth-order valence-electron chi connectivity index (χ4n) is 1.94. The van der Waals surface area contributed by atoms with Crippen LogP contribution >= 0.6 is 49.9 Å². The average Bonchev–Trinajstić information content (AvgIpc) is 2.84. The average molecular weight is 453 g/mol. The lowest BCUT2D eigenvalue weighted by atomic mass is 10.0. The molecular formula is C13H10BrIO3S. The minimum absolute atomic E-state index is 0.542. The third kappa shape index (κ3) is 2.76. The van der Waals surface area contributed by atoms with Gasteiger partial charge >= 0.3 is 0 Å². The van der Waals surface area contributed by atoms with Crippen LogP contribution in [0, 0.1) is 2.88 Å². The van der Waals surface area contributed by atoms with E-state index in [9.17, 15) is 5.11 Å². The Labute approximate surface area is 136 Å². The first-order chi connectivity index (χ1) is 9.15. The van der Waals surface area contributed by atoms with Crippen LogP contribution in [-0.4, -0.2) is 18.3 Å². The van der Waals surface area contributed by atoms with E-state index in [0.717, 1.165) is 18.5 Å². The summed E-state index contributed by atoms with van der Waals surface area (Å²) >= 11 is 7.35. The van der Waals surface area contributed by atoms with Gasteiger partial charge in [0.25, 0.3) is 0 Å². The van der Waals surface area contributed by atoms with Crippen LogP contribution in [0.3, 0.4) is 0 Å². The van der Waals surface area contributed by atoms with Crippen LogP contribution in [0.2, 0.25) is 0 Å². The third-order valence-electron chi connectivity index (χ3n) is 2.86. The summed E-state index contributed by atoms with van der Waals surface area (Å²) in [6.07, 6.45) is -0.662. The second kappa shape index (κ2) is 5.59. The van der Waals surface area contributed by atoms with Crippen molar-refractivity contribution < 1.29 is 14.6 Å². The van der Waals surface area contributed by atoms with Crippen LogP contribution in [0.1, 0.15) is 17.2 Å². The molecule has 3 rings (SSSR count). The van der Waals surface area contributed by atoms with Gasteiger partial charge in [-0.2, -0.15) is 0 Å². The first-order valence-corrected chi connectivity index (χ1v) is 8.41. The number of hydrogen-bond acceptors (Lipinski definition) is 4. The van der Waals surface area contributed by atoms with E-state index in [2.05, 4.69) is 38.5 Å². The maximum atomic E-state index is 10.5. The van der Waals surface area contributed by atoms with E-state index in [-0.39, 0.29) is 0 Å². The largest absolute Gasteiger partial charge is 0.486 e. The van der Waals surface area contributed by atoms with Crippen molar-refractivity contribution in [3.63, 3.8) is 0 Å². The molecule has 0 aliphatic carbocycles. The quantitative estimate of drug-likeness (QED) is 0.700. The van der Waals surface area contributed by atoms with Gasteiger partial charge in [0.2, 0.25) is 0 Å². The molecule has 1 N–H and O–H groups in total. The number of rotatable bonds is 2. The predicted octanol–water partition coefficient (Wildman–Crippen LogP) is 3.97. The fourth-order valence-corrected chi connectivity index (χ4v) is 3.87. The summed E-state index contributed by atoms with van der Waals surface area (Å²) in [6.45, 7) is 1.10. The minimum atomic E-state index is -0.662. The van der Waals surface area contributed by atoms with E-state index in [1.807, 2.05) is 23.6 Å². The summed E-state index contributed by atoms with van der Waals surface area (Å²) in [7, 11) is 0. The summed E-state index contributed by atoms with van der Waals surface area (Å²) in [5.74, 6) is 1.41. The van der Waals surface area contributed by atoms with Gasteiger partial charge in [-0.25, -0.2) is 0 Å².